The van der Waals surface area contributed by atoms with Crippen LogP contribution in [0.3, 0.4) is 0 Å². The molecule has 1 fully saturated rings. The van der Waals surface area contributed by atoms with E-state index in [1.54, 1.807) is 19.5 Å². The van der Waals surface area contributed by atoms with Crippen LogP contribution in [0.2, 0.25) is 0 Å². The lowest BCUT2D eigenvalue weighted by atomic mass is 10.1. The number of nitrogens with one attached hydrogen (secondary N) is 1. The molecule has 0 unspecified atom stereocenters. The summed E-state index contributed by atoms with van der Waals surface area (Å²) in [5, 5.41) is 3.31. The van der Waals surface area contributed by atoms with E-state index >= 15 is 0 Å². The fourth-order valence-corrected chi connectivity index (χ4v) is 2.67. The molecular formula is C16H20N4O. The zero-order valence-electron chi connectivity index (χ0n) is 12.2. The maximum Gasteiger partial charge on any atom is 0.222 e. The van der Waals surface area contributed by atoms with Gasteiger partial charge in [0, 0.05) is 43.8 Å². The Bertz CT molecular complexity index is 575. The number of hydrogen-bond acceptors (Lipinski definition) is 5. The van der Waals surface area contributed by atoms with Gasteiger partial charge in [0.2, 0.25) is 5.95 Å². The van der Waals surface area contributed by atoms with Crippen LogP contribution in [0.5, 0.6) is 5.75 Å². The van der Waals surface area contributed by atoms with Crippen LogP contribution in [-0.2, 0) is 0 Å². The molecule has 1 aromatic heterocycles. The first kappa shape index (κ1) is 13.7. The topological polar surface area (TPSA) is 50.3 Å². The number of rotatable bonds is 5. The van der Waals surface area contributed by atoms with Crippen molar-refractivity contribution in [1.82, 2.24) is 9.97 Å². The van der Waals surface area contributed by atoms with Crippen LogP contribution in [0.15, 0.2) is 42.7 Å². The van der Waals surface area contributed by atoms with Crippen LogP contribution in [0.4, 0.5) is 11.6 Å². The van der Waals surface area contributed by atoms with Gasteiger partial charge in [0.15, 0.2) is 0 Å². The van der Waals surface area contributed by atoms with Gasteiger partial charge in [-0.3, -0.25) is 0 Å². The smallest absolute Gasteiger partial charge is 0.222 e. The maximum atomic E-state index is 5.29. The normalized spacial score (nSPS) is 17.8. The van der Waals surface area contributed by atoms with Crippen molar-refractivity contribution in [2.24, 2.45) is 5.92 Å². The third kappa shape index (κ3) is 3.42. The molecule has 1 aliphatic heterocycles. The zero-order chi connectivity index (χ0) is 14.5. The van der Waals surface area contributed by atoms with E-state index in [1.165, 1.54) is 12.1 Å². The van der Waals surface area contributed by atoms with E-state index in [0.717, 1.165) is 25.4 Å². The molecule has 5 heteroatoms. The van der Waals surface area contributed by atoms with Crippen molar-refractivity contribution in [3.05, 3.63) is 42.7 Å². The molecule has 5 nitrogen and oxygen atoms in total. The third-order valence-corrected chi connectivity index (χ3v) is 3.82. The van der Waals surface area contributed by atoms with Crippen molar-refractivity contribution in [3.63, 3.8) is 0 Å². The second kappa shape index (κ2) is 6.43. The van der Waals surface area contributed by atoms with Crippen LogP contribution in [0, 0.1) is 5.92 Å². The van der Waals surface area contributed by atoms with Crippen molar-refractivity contribution >= 4 is 11.6 Å². The van der Waals surface area contributed by atoms with Gasteiger partial charge in [-0.25, -0.2) is 9.97 Å². The van der Waals surface area contributed by atoms with Crippen LogP contribution >= 0.6 is 0 Å². The van der Waals surface area contributed by atoms with Crippen LogP contribution in [-0.4, -0.2) is 36.7 Å². The minimum Gasteiger partial charge on any atom is -0.497 e. The SMILES string of the molecule is COc1cccc(N2CC[C@H](CNc3ncccn3)C2)c1. The average Bonchev–Trinajstić information content (AvgIpc) is 3.03. The van der Waals surface area contributed by atoms with Gasteiger partial charge < -0.3 is 15.0 Å². The molecule has 0 aliphatic carbocycles. The molecule has 1 saturated heterocycles. The molecule has 1 aromatic carbocycles. The van der Waals surface area contributed by atoms with E-state index < -0.39 is 0 Å². The van der Waals surface area contributed by atoms with Gasteiger partial charge in [-0.05, 0) is 30.5 Å². The monoisotopic (exact) mass is 284 g/mol. The van der Waals surface area contributed by atoms with Crippen molar-refractivity contribution < 1.29 is 4.74 Å². The number of ether oxygens (including phenoxy) is 1. The molecule has 21 heavy (non-hydrogen) atoms. The molecule has 0 saturated carbocycles. The summed E-state index contributed by atoms with van der Waals surface area (Å²) >= 11 is 0. The first-order chi connectivity index (χ1) is 10.3. The molecule has 2 aromatic rings. The fourth-order valence-electron chi connectivity index (χ4n) is 2.67. The Kier molecular flexibility index (Phi) is 4.19. The molecule has 1 atom stereocenters. The molecule has 1 aliphatic rings. The van der Waals surface area contributed by atoms with Gasteiger partial charge in [0.25, 0.3) is 0 Å². The second-order valence-electron chi connectivity index (χ2n) is 5.26. The zero-order valence-corrected chi connectivity index (χ0v) is 12.2. The summed E-state index contributed by atoms with van der Waals surface area (Å²) in [6.45, 7) is 3.03. The van der Waals surface area contributed by atoms with Gasteiger partial charge in [-0.2, -0.15) is 0 Å². The van der Waals surface area contributed by atoms with Crippen molar-refractivity contribution in [1.29, 1.82) is 0 Å². The number of hydrogen-bond donors (Lipinski definition) is 1. The average molecular weight is 284 g/mol. The summed E-state index contributed by atoms with van der Waals surface area (Å²) in [6, 6.07) is 10.1. The highest BCUT2D eigenvalue weighted by molar-refractivity contribution is 5.51. The molecule has 110 valence electrons. The van der Waals surface area contributed by atoms with Gasteiger partial charge in [0.05, 0.1) is 7.11 Å². The lowest BCUT2D eigenvalue weighted by molar-refractivity contribution is 0.415. The number of aromatic nitrogens is 2. The Labute approximate surface area is 125 Å². The molecule has 2 heterocycles. The molecule has 0 spiro atoms. The Balaban J connectivity index is 1.55. The first-order valence-corrected chi connectivity index (χ1v) is 7.25. The summed E-state index contributed by atoms with van der Waals surface area (Å²) in [7, 11) is 1.70. The van der Waals surface area contributed by atoms with Gasteiger partial charge in [-0.1, -0.05) is 6.07 Å². The van der Waals surface area contributed by atoms with E-state index in [1.807, 2.05) is 18.2 Å². The van der Waals surface area contributed by atoms with E-state index in [4.69, 9.17) is 4.74 Å². The predicted molar refractivity (Wildman–Crippen MR) is 83.8 cm³/mol. The summed E-state index contributed by atoms with van der Waals surface area (Å²) in [5.74, 6) is 2.23. The van der Waals surface area contributed by atoms with Crippen molar-refractivity contribution in [2.45, 2.75) is 6.42 Å². The standard InChI is InChI=1S/C16H20N4O/c1-21-15-5-2-4-14(10-15)20-9-6-13(12-20)11-19-16-17-7-3-8-18-16/h2-5,7-8,10,13H,6,9,11-12H2,1H3,(H,17,18,19)/t13-/m1/s1. The van der Waals surface area contributed by atoms with E-state index in [0.29, 0.717) is 11.9 Å². The molecule has 0 amide bonds. The lowest BCUT2D eigenvalue weighted by Crippen LogP contribution is -2.22. The van der Waals surface area contributed by atoms with Crippen LogP contribution in [0.25, 0.3) is 0 Å². The minimum atomic E-state index is 0.611. The van der Waals surface area contributed by atoms with Crippen molar-refractivity contribution in [2.75, 3.05) is 37.0 Å². The summed E-state index contributed by atoms with van der Waals surface area (Å²) in [5.41, 5.74) is 1.23. The maximum absolute atomic E-state index is 5.29. The lowest BCUT2D eigenvalue weighted by Gasteiger charge is -2.19. The van der Waals surface area contributed by atoms with E-state index in [-0.39, 0.29) is 0 Å². The Morgan fingerprint density at radius 3 is 2.95 bits per heavy atom. The fraction of sp³-hybridized carbons (Fsp3) is 0.375. The third-order valence-electron chi connectivity index (χ3n) is 3.82. The number of anilines is 2. The van der Waals surface area contributed by atoms with Gasteiger partial charge in [0.1, 0.15) is 5.75 Å². The second-order valence-corrected chi connectivity index (χ2v) is 5.26. The summed E-state index contributed by atoms with van der Waals surface area (Å²) in [4.78, 5) is 10.8. The van der Waals surface area contributed by atoms with Crippen LogP contribution in [0.1, 0.15) is 6.42 Å². The number of nitrogens with zero attached hydrogens (tertiary/aromatic N) is 3. The molecule has 3 rings (SSSR count). The highest BCUT2D eigenvalue weighted by Crippen LogP contribution is 2.26. The Morgan fingerprint density at radius 1 is 1.29 bits per heavy atom. The van der Waals surface area contributed by atoms with Gasteiger partial charge in [-0.15, -0.1) is 0 Å². The first-order valence-electron chi connectivity index (χ1n) is 7.25. The van der Waals surface area contributed by atoms with Crippen LogP contribution < -0.4 is 15.0 Å². The summed E-state index contributed by atoms with van der Waals surface area (Å²) in [6.07, 6.45) is 4.69. The Morgan fingerprint density at radius 2 is 2.14 bits per heavy atom. The van der Waals surface area contributed by atoms with Crippen molar-refractivity contribution in [3.8, 4) is 5.75 Å². The highest BCUT2D eigenvalue weighted by Gasteiger charge is 2.22. The van der Waals surface area contributed by atoms with Gasteiger partial charge >= 0.3 is 0 Å². The quantitative estimate of drug-likeness (QED) is 0.914. The molecule has 0 radical (unpaired) electrons. The summed E-state index contributed by atoms with van der Waals surface area (Å²) < 4.78 is 5.29. The highest BCUT2D eigenvalue weighted by atomic mass is 16.5. The number of benzene rings is 1. The largest absolute Gasteiger partial charge is 0.497 e. The minimum absolute atomic E-state index is 0.611. The molecule has 1 N–H and O–H groups in total. The van der Waals surface area contributed by atoms with E-state index in [9.17, 15) is 0 Å². The molecular weight excluding hydrogens is 264 g/mol. The molecule has 0 bridgehead atoms. The van der Waals surface area contributed by atoms with E-state index in [2.05, 4.69) is 32.3 Å². The number of methoxy groups -OCH3 is 1. The predicted octanol–water partition coefficient (Wildman–Crippen LogP) is 2.42. The Hall–Kier alpha value is -2.30.